The Labute approximate surface area is 83.1 Å². The molecule has 0 unspecified atom stereocenters. The van der Waals surface area contributed by atoms with Gasteiger partial charge in [0.15, 0.2) is 0 Å². The Morgan fingerprint density at radius 2 is 2.29 bits per heavy atom. The Bertz CT molecular complexity index is 309. The number of ketones is 1. The van der Waals surface area contributed by atoms with Gasteiger partial charge in [-0.2, -0.15) is 4.98 Å². The van der Waals surface area contributed by atoms with Crippen molar-refractivity contribution in [1.29, 1.82) is 0 Å². The maximum absolute atomic E-state index is 10.7. The topological polar surface area (TPSA) is 59.2 Å². The number of aryl methyl sites for hydroxylation is 1. The highest BCUT2D eigenvalue weighted by Crippen LogP contribution is 2.08. The fourth-order valence-electron chi connectivity index (χ4n) is 0.927. The molecule has 0 aliphatic heterocycles. The maximum Gasteiger partial charge on any atom is 0.265 e. The third-order valence-electron chi connectivity index (χ3n) is 1.96. The molecular formula is C9H15N3O2. The van der Waals surface area contributed by atoms with Crippen molar-refractivity contribution in [2.75, 3.05) is 18.5 Å². The second kappa shape index (κ2) is 4.74. The van der Waals surface area contributed by atoms with Crippen molar-refractivity contribution in [3.63, 3.8) is 0 Å². The average Bonchev–Trinajstić information content (AvgIpc) is 2.62. The lowest BCUT2D eigenvalue weighted by molar-refractivity contribution is -0.117. The molecule has 78 valence electrons. The maximum atomic E-state index is 10.7. The number of hydrogen-bond acceptors (Lipinski definition) is 5. The van der Waals surface area contributed by atoms with Crippen LogP contribution >= 0.6 is 0 Å². The van der Waals surface area contributed by atoms with Crippen molar-refractivity contribution in [3.8, 4) is 0 Å². The highest BCUT2D eigenvalue weighted by atomic mass is 16.5. The van der Waals surface area contributed by atoms with Gasteiger partial charge in [0.2, 0.25) is 5.89 Å². The van der Waals surface area contributed by atoms with Crippen LogP contribution in [0.1, 0.15) is 26.2 Å². The van der Waals surface area contributed by atoms with E-state index in [4.69, 9.17) is 4.52 Å². The van der Waals surface area contributed by atoms with Gasteiger partial charge < -0.3 is 14.2 Å². The van der Waals surface area contributed by atoms with E-state index in [0.29, 0.717) is 24.7 Å². The number of nitrogens with zero attached hydrogens (tertiary/aromatic N) is 3. The third-order valence-corrected chi connectivity index (χ3v) is 1.96. The van der Waals surface area contributed by atoms with Gasteiger partial charge in [-0.1, -0.05) is 0 Å². The first kappa shape index (κ1) is 10.7. The zero-order valence-electron chi connectivity index (χ0n) is 8.78. The van der Waals surface area contributed by atoms with Crippen molar-refractivity contribution in [2.24, 2.45) is 0 Å². The lowest BCUT2D eigenvalue weighted by atomic mass is 10.2. The molecule has 0 amide bonds. The lowest BCUT2D eigenvalue weighted by Crippen LogP contribution is -2.17. The summed E-state index contributed by atoms with van der Waals surface area (Å²) in [6.07, 6.45) is 0.983. The summed E-state index contributed by atoms with van der Waals surface area (Å²) in [6.45, 7) is 4.38. The van der Waals surface area contributed by atoms with Crippen molar-refractivity contribution >= 4 is 11.7 Å². The fraction of sp³-hybridized carbons (Fsp3) is 0.667. The summed E-state index contributed by atoms with van der Waals surface area (Å²) in [6, 6.07) is 0. The van der Waals surface area contributed by atoms with Gasteiger partial charge in [0.05, 0.1) is 0 Å². The van der Waals surface area contributed by atoms with Crippen molar-refractivity contribution in [2.45, 2.75) is 26.7 Å². The van der Waals surface area contributed by atoms with Crippen molar-refractivity contribution in [3.05, 3.63) is 5.89 Å². The van der Waals surface area contributed by atoms with Crippen LogP contribution in [0, 0.1) is 0 Å². The molecule has 0 radical (unpaired) electrons. The Morgan fingerprint density at radius 3 is 2.86 bits per heavy atom. The van der Waals surface area contributed by atoms with Gasteiger partial charge in [0, 0.05) is 26.4 Å². The van der Waals surface area contributed by atoms with Crippen LogP contribution in [0.15, 0.2) is 4.52 Å². The summed E-state index contributed by atoms with van der Waals surface area (Å²) < 4.78 is 4.98. The monoisotopic (exact) mass is 197 g/mol. The first-order valence-electron chi connectivity index (χ1n) is 4.66. The summed E-state index contributed by atoms with van der Waals surface area (Å²) in [5, 5.41) is 3.79. The number of carbonyl (C=O) groups excluding carboxylic acids is 1. The van der Waals surface area contributed by atoms with E-state index in [1.807, 2.05) is 18.9 Å². The zero-order chi connectivity index (χ0) is 10.6. The molecule has 0 N–H and O–H groups in total. The minimum atomic E-state index is 0.133. The second-order valence-electron chi connectivity index (χ2n) is 3.20. The molecule has 0 aromatic carbocycles. The molecule has 5 heteroatoms. The normalized spacial score (nSPS) is 10.2. The van der Waals surface area contributed by atoms with Gasteiger partial charge in [0.1, 0.15) is 5.78 Å². The molecule has 0 aliphatic carbocycles. The molecule has 1 rings (SSSR count). The molecule has 14 heavy (non-hydrogen) atoms. The summed E-state index contributed by atoms with van der Waals surface area (Å²) >= 11 is 0. The predicted molar refractivity (Wildman–Crippen MR) is 52.2 cm³/mol. The van der Waals surface area contributed by atoms with Crippen molar-refractivity contribution < 1.29 is 9.32 Å². The molecule has 1 aromatic heterocycles. The van der Waals surface area contributed by atoms with Crippen LogP contribution in [-0.4, -0.2) is 29.5 Å². The van der Waals surface area contributed by atoms with E-state index in [1.54, 1.807) is 6.92 Å². The standard InChI is InChI=1S/C9H15N3O2/c1-4-12(3)9-10-8(14-11-9)6-5-7(2)13/h4-6H2,1-3H3. The molecule has 0 saturated carbocycles. The first-order valence-corrected chi connectivity index (χ1v) is 4.66. The van der Waals surface area contributed by atoms with E-state index in [-0.39, 0.29) is 5.78 Å². The van der Waals surface area contributed by atoms with Gasteiger partial charge in [-0.15, -0.1) is 0 Å². The lowest BCUT2D eigenvalue weighted by Gasteiger charge is -2.08. The highest BCUT2D eigenvalue weighted by molar-refractivity contribution is 5.75. The Kier molecular flexibility index (Phi) is 3.62. The molecule has 1 aromatic rings. The summed E-state index contributed by atoms with van der Waals surface area (Å²) in [7, 11) is 1.89. The number of hydrogen-bond donors (Lipinski definition) is 0. The molecule has 5 nitrogen and oxygen atoms in total. The third kappa shape index (κ3) is 2.83. The molecule has 0 atom stereocenters. The van der Waals surface area contributed by atoms with Crippen LogP contribution < -0.4 is 4.90 Å². The van der Waals surface area contributed by atoms with Crippen molar-refractivity contribution in [1.82, 2.24) is 10.1 Å². The van der Waals surface area contributed by atoms with Crippen LogP contribution in [0.5, 0.6) is 0 Å². The summed E-state index contributed by atoms with van der Waals surface area (Å²) in [5.74, 6) is 1.23. The van der Waals surface area contributed by atoms with Crippen LogP contribution in [-0.2, 0) is 11.2 Å². The van der Waals surface area contributed by atoms with Gasteiger partial charge >= 0.3 is 0 Å². The largest absolute Gasteiger partial charge is 0.342 e. The van der Waals surface area contributed by atoms with Crippen LogP contribution in [0.2, 0.25) is 0 Å². The fourth-order valence-corrected chi connectivity index (χ4v) is 0.927. The van der Waals surface area contributed by atoms with Gasteiger partial charge in [-0.3, -0.25) is 0 Å². The summed E-state index contributed by atoms with van der Waals surface area (Å²) in [4.78, 5) is 16.7. The SMILES string of the molecule is CCN(C)c1noc(CCC(C)=O)n1. The molecule has 0 saturated heterocycles. The van der Waals surface area contributed by atoms with Gasteiger partial charge in [-0.25, -0.2) is 0 Å². The molecule has 0 bridgehead atoms. The average molecular weight is 197 g/mol. The number of carbonyl (C=O) groups is 1. The van der Waals surface area contributed by atoms with Crippen LogP contribution in [0.4, 0.5) is 5.95 Å². The zero-order valence-corrected chi connectivity index (χ0v) is 8.78. The number of aromatic nitrogens is 2. The molecule has 0 spiro atoms. The van der Waals surface area contributed by atoms with Crippen LogP contribution in [0.25, 0.3) is 0 Å². The molecule has 0 aliphatic rings. The van der Waals surface area contributed by atoms with E-state index in [0.717, 1.165) is 6.54 Å². The second-order valence-corrected chi connectivity index (χ2v) is 3.20. The molecule has 0 fully saturated rings. The van der Waals surface area contributed by atoms with E-state index in [1.165, 1.54) is 0 Å². The Hall–Kier alpha value is -1.39. The first-order chi connectivity index (χ1) is 6.63. The van der Waals surface area contributed by atoms with Gasteiger partial charge in [-0.05, 0) is 19.0 Å². The van der Waals surface area contributed by atoms with E-state index in [2.05, 4.69) is 10.1 Å². The number of Topliss-reactive ketones (excluding diaryl/α,β-unsaturated/α-hetero) is 1. The number of anilines is 1. The van der Waals surface area contributed by atoms with E-state index in [9.17, 15) is 4.79 Å². The van der Waals surface area contributed by atoms with E-state index < -0.39 is 0 Å². The predicted octanol–water partition coefficient (Wildman–Crippen LogP) is 1.05. The minimum absolute atomic E-state index is 0.133. The van der Waals surface area contributed by atoms with Crippen LogP contribution in [0.3, 0.4) is 0 Å². The highest BCUT2D eigenvalue weighted by Gasteiger charge is 2.09. The quantitative estimate of drug-likeness (QED) is 0.706. The Morgan fingerprint density at radius 1 is 1.57 bits per heavy atom. The number of rotatable bonds is 5. The minimum Gasteiger partial charge on any atom is -0.342 e. The summed E-state index contributed by atoms with van der Waals surface area (Å²) in [5.41, 5.74) is 0. The molecule has 1 heterocycles. The van der Waals surface area contributed by atoms with E-state index >= 15 is 0 Å². The smallest absolute Gasteiger partial charge is 0.265 e. The molecular weight excluding hydrogens is 182 g/mol. The Balaban J connectivity index is 2.54. The van der Waals surface area contributed by atoms with Gasteiger partial charge in [0.25, 0.3) is 5.95 Å².